The lowest BCUT2D eigenvalue weighted by atomic mass is 9.81. The summed E-state index contributed by atoms with van der Waals surface area (Å²) in [7, 11) is 1.90. The van der Waals surface area contributed by atoms with Crippen LogP contribution in [0, 0.1) is 5.82 Å². The molecule has 2 aliphatic rings. The third-order valence-electron chi connectivity index (χ3n) is 8.48. The van der Waals surface area contributed by atoms with E-state index in [1.807, 2.05) is 24.1 Å². The minimum Gasteiger partial charge on any atom is -0.339 e. The number of carbonyl (C=O) groups excluding carboxylic acids is 3. The summed E-state index contributed by atoms with van der Waals surface area (Å²) in [5.74, 6) is -2.99. The van der Waals surface area contributed by atoms with E-state index in [4.69, 9.17) is 5.10 Å². The molecule has 0 saturated carbocycles. The zero-order valence-electron chi connectivity index (χ0n) is 26.1. The number of likely N-dealkylation sites (N-methyl/N-ethyl adjacent to an activating group) is 2. The number of benzene rings is 3. The van der Waals surface area contributed by atoms with Gasteiger partial charge in [0.25, 0.3) is 17.7 Å². The summed E-state index contributed by atoms with van der Waals surface area (Å²) in [5.41, 5.74) is 0.580. The second-order valence-electron chi connectivity index (χ2n) is 11.7. The Hall–Kier alpha value is -5.30. The Bertz CT molecular complexity index is 1890. The highest BCUT2D eigenvalue weighted by Crippen LogP contribution is 2.45. The van der Waals surface area contributed by atoms with E-state index >= 15 is 0 Å². The standard InChI is InChI=1S/C35H32F4N6O3/c1-3-44-33-28(30(42-45(33)26-12-5-4-6-13-26)41-32(47)23-10-8-18-43(2)20-23)27(21-14-16-25(36)17-15-21)29(34(44)48)40-31(46)22-9-7-11-24(19-22)35(37,38)39/h4-7,9-17,19,27,29H,3,8,18,20H2,1-2H3,(H,40,46)(H,41,42,47)/t27-,29-/m0/s1. The van der Waals surface area contributed by atoms with Crippen molar-refractivity contribution in [3.63, 3.8) is 0 Å². The Morgan fingerprint density at radius 3 is 2.38 bits per heavy atom. The molecule has 48 heavy (non-hydrogen) atoms. The summed E-state index contributed by atoms with van der Waals surface area (Å²) in [6, 6.07) is 16.8. The number of halogens is 4. The summed E-state index contributed by atoms with van der Waals surface area (Å²) >= 11 is 0. The second-order valence-corrected chi connectivity index (χ2v) is 11.7. The van der Waals surface area contributed by atoms with Crippen molar-refractivity contribution in [1.82, 2.24) is 20.0 Å². The molecule has 3 aromatic carbocycles. The zero-order valence-corrected chi connectivity index (χ0v) is 26.1. The first-order valence-corrected chi connectivity index (χ1v) is 15.4. The molecule has 0 aliphatic carbocycles. The number of rotatable bonds is 7. The van der Waals surface area contributed by atoms with Gasteiger partial charge in [0.2, 0.25) is 0 Å². The van der Waals surface area contributed by atoms with E-state index in [2.05, 4.69) is 10.6 Å². The predicted molar refractivity (Wildman–Crippen MR) is 171 cm³/mol. The Labute approximate surface area is 273 Å². The maximum Gasteiger partial charge on any atom is 0.416 e. The van der Waals surface area contributed by atoms with Crippen molar-refractivity contribution in [2.45, 2.75) is 31.5 Å². The number of fused-ring (bicyclic) bond motifs is 1. The van der Waals surface area contributed by atoms with Gasteiger partial charge in [-0.25, -0.2) is 9.07 Å². The normalized spacial score (nSPS) is 18.2. The molecule has 248 valence electrons. The minimum atomic E-state index is -4.69. The van der Waals surface area contributed by atoms with Crippen LogP contribution in [0.4, 0.5) is 29.2 Å². The molecule has 1 aromatic heterocycles. The number of hydrogen-bond donors (Lipinski definition) is 2. The SMILES string of the molecule is CCN1C(=O)[C@@H](NC(=O)c2cccc(C(F)(F)F)c2)[C@@H](c2ccc(F)cc2)c2c(NC(=O)C3=CCCN(C)C3)nn(-c3ccccc3)c21. The first-order chi connectivity index (χ1) is 23.0. The lowest BCUT2D eigenvalue weighted by Gasteiger charge is -2.38. The molecule has 2 aliphatic heterocycles. The summed E-state index contributed by atoms with van der Waals surface area (Å²) < 4.78 is 56.2. The number of carbonyl (C=O) groups is 3. The molecule has 13 heteroatoms. The molecule has 0 bridgehead atoms. The van der Waals surface area contributed by atoms with Gasteiger partial charge in [-0.1, -0.05) is 42.5 Å². The van der Waals surface area contributed by atoms with E-state index in [0.29, 0.717) is 47.2 Å². The largest absolute Gasteiger partial charge is 0.416 e. The molecule has 0 spiro atoms. The summed E-state index contributed by atoms with van der Waals surface area (Å²) in [4.78, 5) is 45.0. The highest BCUT2D eigenvalue weighted by Gasteiger charge is 2.47. The lowest BCUT2D eigenvalue weighted by Crippen LogP contribution is -2.55. The van der Waals surface area contributed by atoms with Crippen LogP contribution in [-0.2, 0) is 15.8 Å². The second kappa shape index (κ2) is 13.1. The minimum absolute atomic E-state index is 0.117. The molecule has 6 rings (SSSR count). The molecule has 2 atom stereocenters. The average molecular weight is 661 g/mol. The van der Waals surface area contributed by atoms with Gasteiger partial charge in [0.15, 0.2) is 5.82 Å². The van der Waals surface area contributed by atoms with Crippen LogP contribution in [0.5, 0.6) is 0 Å². The number of nitrogens with zero attached hydrogens (tertiary/aromatic N) is 4. The molecule has 3 amide bonds. The molecule has 2 N–H and O–H groups in total. The van der Waals surface area contributed by atoms with Crippen molar-refractivity contribution in [2.75, 3.05) is 36.9 Å². The van der Waals surface area contributed by atoms with Gasteiger partial charge in [-0.2, -0.15) is 13.2 Å². The van der Waals surface area contributed by atoms with Gasteiger partial charge in [-0.3, -0.25) is 19.3 Å². The van der Waals surface area contributed by atoms with Crippen LogP contribution in [-0.4, -0.2) is 65.1 Å². The van der Waals surface area contributed by atoms with Gasteiger partial charge >= 0.3 is 6.18 Å². The number of aromatic nitrogens is 2. The van der Waals surface area contributed by atoms with E-state index < -0.39 is 47.2 Å². The first-order valence-electron chi connectivity index (χ1n) is 15.4. The van der Waals surface area contributed by atoms with Gasteiger partial charge in [-0.05, 0) is 68.4 Å². The van der Waals surface area contributed by atoms with Crippen molar-refractivity contribution in [3.8, 4) is 5.69 Å². The summed E-state index contributed by atoms with van der Waals surface area (Å²) in [6.45, 7) is 3.06. The van der Waals surface area contributed by atoms with E-state index in [9.17, 15) is 31.9 Å². The molecule has 9 nitrogen and oxygen atoms in total. The van der Waals surface area contributed by atoms with E-state index in [1.54, 1.807) is 31.2 Å². The monoisotopic (exact) mass is 660 g/mol. The summed E-state index contributed by atoms with van der Waals surface area (Å²) in [5, 5.41) is 10.4. The fraction of sp³-hybridized carbons (Fsp3) is 0.257. The Balaban J connectivity index is 1.52. The van der Waals surface area contributed by atoms with Crippen LogP contribution < -0.4 is 15.5 Å². The van der Waals surface area contributed by atoms with Crippen LogP contribution in [0.1, 0.15) is 46.3 Å². The molecule has 0 unspecified atom stereocenters. The molecule has 4 aromatic rings. The van der Waals surface area contributed by atoms with Crippen molar-refractivity contribution >= 4 is 29.4 Å². The molecular weight excluding hydrogens is 628 g/mol. The number of para-hydroxylation sites is 1. The first kappa shape index (κ1) is 32.6. The van der Waals surface area contributed by atoms with Crippen molar-refractivity contribution < 1.29 is 31.9 Å². The Morgan fingerprint density at radius 1 is 0.979 bits per heavy atom. The predicted octanol–water partition coefficient (Wildman–Crippen LogP) is 5.53. The van der Waals surface area contributed by atoms with Gasteiger partial charge in [0.1, 0.15) is 17.7 Å². The van der Waals surface area contributed by atoms with Gasteiger partial charge < -0.3 is 15.5 Å². The Morgan fingerprint density at radius 2 is 1.71 bits per heavy atom. The third kappa shape index (κ3) is 6.33. The molecule has 0 fully saturated rings. The van der Waals surface area contributed by atoms with Crippen LogP contribution in [0.15, 0.2) is 90.5 Å². The zero-order chi connectivity index (χ0) is 34.2. The van der Waals surface area contributed by atoms with Crippen LogP contribution in [0.2, 0.25) is 0 Å². The molecule has 0 radical (unpaired) electrons. The molecular formula is C35H32F4N6O3. The fourth-order valence-corrected chi connectivity index (χ4v) is 6.18. The number of amides is 3. The van der Waals surface area contributed by atoms with Gasteiger partial charge in [-0.15, -0.1) is 5.10 Å². The lowest BCUT2D eigenvalue weighted by molar-refractivity contribution is -0.137. The maximum atomic E-state index is 14.4. The van der Waals surface area contributed by atoms with Crippen LogP contribution >= 0.6 is 0 Å². The maximum absolute atomic E-state index is 14.4. The number of nitrogens with one attached hydrogen (secondary N) is 2. The smallest absolute Gasteiger partial charge is 0.339 e. The fourth-order valence-electron chi connectivity index (χ4n) is 6.18. The van der Waals surface area contributed by atoms with E-state index in [1.165, 1.54) is 39.9 Å². The quantitative estimate of drug-likeness (QED) is 0.254. The number of anilines is 2. The van der Waals surface area contributed by atoms with Crippen LogP contribution in [0.3, 0.4) is 0 Å². The van der Waals surface area contributed by atoms with E-state index in [0.717, 1.165) is 18.7 Å². The molecule has 0 saturated heterocycles. The number of hydrogen-bond acceptors (Lipinski definition) is 5. The van der Waals surface area contributed by atoms with Gasteiger partial charge in [0.05, 0.1) is 11.3 Å². The van der Waals surface area contributed by atoms with Crippen LogP contribution in [0.25, 0.3) is 5.69 Å². The highest BCUT2D eigenvalue weighted by molar-refractivity contribution is 6.08. The van der Waals surface area contributed by atoms with Gasteiger partial charge in [0, 0.05) is 42.3 Å². The average Bonchev–Trinajstić information content (AvgIpc) is 3.44. The van der Waals surface area contributed by atoms with Crippen molar-refractivity contribution in [2.24, 2.45) is 0 Å². The third-order valence-corrected chi connectivity index (χ3v) is 8.48. The van der Waals surface area contributed by atoms with E-state index in [-0.39, 0.29) is 17.9 Å². The number of alkyl halides is 3. The molecule has 3 heterocycles. The highest BCUT2D eigenvalue weighted by atomic mass is 19.4. The summed E-state index contributed by atoms with van der Waals surface area (Å²) in [6.07, 6.45) is -2.16. The Kier molecular flexibility index (Phi) is 8.89. The van der Waals surface area contributed by atoms with Crippen molar-refractivity contribution in [3.05, 3.63) is 119 Å². The topological polar surface area (TPSA) is 99.6 Å². The van der Waals surface area contributed by atoms with Crippen molar-refractivity contribution in [1.29, 1.82) is 0 Å².